The molecule has 22 heavy (non-hydrogen) atoms. The number of anilines is 1. The molecule has 1 aromatic heterocycles. The minimum atomic E-state index is -0.278. The first-order valence-electron chi connectivity index (χ1n) is 6.63. The van der Waals surface area contributed by atoms with Gasteiger partial charge < -0.3 is 5.32 Å². The molecule has 0 bridgehead atoms. The summed E-state index contributed by atoms with van der Waals surface area (Å²) in [4.78, 5) is 23.5. The van der Waals surface area contributed by atoms with Crippen LogP contribution in [0.25, 0.3) is 0 Å². The molecule has 0 fully saturated rings. The first-order valence-corrected chi connectivity index (χ1v) is 7.38. The summed E-state index contributed by atoms with van der Waals surface area (Å²) in [6.45, 7) is 3.37. The predicted octanol–water partition coefficient (Wildman–Crippen LogP) is 3.43. The zero-order valence-corrected chi connectivity index (χ0v) is 13.7. The van der Waals surface area contributed by atoms with E-state index in [-0.39, 0.29) is 18.2 Å². The molecule has 1 heterocycles. The average molecular weight is 338 g/mol. The highest BCUT2D eigenvalue weighted by atomic mass is 35.5. The van der Waals surface area contributed by atoms with Crippen LogP contribution in [0.5, 0.6) is 0 Å². The minimum absolute atomic E-state index is 0.0560. The van der Waals surface area contributed by atoms with Gasteiger partial charge in [-0.3, -0.25) is 9.59 Å². The van der Waals surface area contributed by atoms with Crippen molar-refractivity contribution in [3.63, 3.8) is 0 Å². The SMILES string of the molecule is CC(=O)c1ccc[n+](CC(=O)Nc2c(Cl)ccc(C)c2Cl)c1. The third kappa shape index (κ3) is 3.84. The third-order valence-electron chi connectivity index (χ3n) is 3.14. The Balaban J connectivity index is 2.16. The van der Waals surface area contributed by atoms with E-state index in [4.69, 9.17) is 23.2 Å². The van der Waals surface area contributed by atoms with Crippen molar-refractivity contribution in [2.75, 3.05) is 5.32 Å². The van der Waals surface area contributed by atoms with Crippen molar-refractivity contribution in [2.24, 2.45) is 0 Å². The maximum atomic E-state index is 12.1. The van der Waals surface area contributed by atoms with E-state index in [1.54, 1.807) is 41.2 Å². The van der Waals surface area contributed by atoms with Crippen molar-refractivity contribution in [3.8, 4) is 0 Å². The average Bonchev–Trinajstić information content (AvgIpc) is 2.48. The summed E-state index contributed by atoms with van der Waals surface area (Å²) in [7, 11) is 0. The Labute approximate surface area is 138 Å². The Kier molecular flexibility index (Phi) is 5.16. The largest absolute Gasteiger partial charge is 0.318 e. The van der Waals surface area contributed by atoms with Crippen LogP contribution in [0.2, 0.25) is 10.0 Å². The van der Waals surface area contributed by atoms with E-state index in [1.807, 2.05) is 6.92 Å². The lowest BCUT2D eigenvalue weighted by Crippen LogP contribution is -2.40. The van der Waals surface area contributed by atoms with Gasteiger partial charge in [0.05, 0.1) is 21.3 Å². The number of carbonyl (C=O) groups is 2. The van der Waals surface area contributed by atoms with Crippen LogP contribution in [0.3, 0.4) is 0 Å². The third-order valence-corrected chi connectivity index (χ3v) is 3.94. The standard InChI is InChI=1S/C16H14Cl2N2O2/c1-10-5-6-13(17)16(15(10)18)19-14(22)9-20-7-3-4-12(8-20)11(2)21/h3-8H,9H2,1-2H3/p+1. The molecular weight excluding hydrogens is 323 g/mol. The molecule has 4 nitrogen and oxygen atoms in total. The number of Topliss-reactive ketones (excluding diaryl/α,β-unsaturated/α-hetero) is 1. The number of amides is 1. The Hall–Kier alpha value is -1.91. The number of pyridine rings is 1. The number of nitrogens with one attached hydrogen (secondary N) is 1. The molecule has 1 amide bonds. The van der Waals surface area contributed by atoms with E-state index in [0.717, 1.165) is 5.56 Å². The van der Waals surface area contributed by atoms with Crippen LogP contribution < -0.4 is 9.88 Å². The molecule has 0 aliphatic carbocycles. The molecule has 0 atom stereocenters. The highest BCUT2D eigenvalue weighted by Gasteiger charge is 2.15. The molecule has 0 saturated carbocycles. The second-order valence-electron chi connectivity index (χ2n) is 4.92. The summed E-state index contributed by atoms with van der Waals surface area (Å²) < 4.78 is 1.63. The topological polar surface area (TPSA) is 50.0 Å². The predicted molar refractivity (Wildman–Crippen MR) is 86.5 cm³/mol. The quantitative estimate of drug-likeness (QED) is 0.686. The highest BCUT2D eigenvalue weighted by Crippen LogP contribution is 2.32. The smallest absolute Gasteiger partial charge is 0.290 e. The Morgan fingerprint density at radius 2 is 1.95 bits per heavy atom. The van der Waals surface area contributed by atoms with Crippen molar-refractivity contribution in [2.45, 2.75) is 20.4 Å². The molecule has 0 aliphatic rings. The summed E-state index contributed by atoms with van der Waals surface area (Å²) in [5, 5.41) is 3.51. The zero-order chi connectivity index (χ0) is 16.3. The maximum Gasteiger partial charge on any atom is 0.290 e. The summed E-state index contributed by atoms with van der Waals surface area (Å²) in [5.41, 5.74) is 1.77. The molecule has 6 heteroatoms. The van der Waals surface area contributed by atoms with Crippen LogP contribution in [0.4, 0.5) is 5.69 Å². The first-order chi connectivity index (χ1) is 10.4. The Morgan fingerprint density at radius 1 is 1.23 bits per heavy atom. The Morgan fingerprint density at radius 3 is 2.64 bits per heavy atom. The molecule has 2 rings (SSSR count). The molecule has 1 N–H and O–H groups in total. The van der Waals surface area contributed by atoms with Crippen molar-refractivity contribution in [1.29, 1.82) is 0 Å². The number of aryl methyl sites for hydroxylation is 1. The van der Waals surface area contributed by atoms with E-state index < -0.39 is 0 Å². The molecule has 0 aliphatic heterocycles. The van der Waals surface area contributed by atoms with Gasteiger partial charge in [0.2, 0.25) is 6.54 Å². The molecular formula is C16H15Cl2N2O2+. The van der Waals surface area contributed by atoms with E-state index in [0.29, 0.717) is 21.3 Å². The second kappa shape index (κ2) is 6.90. The van der Waals surface area contributed by atoms with E-state index in [2.05, 4.69) is 5.32 Å². The van der Waals surface area contributed by atoms with Crippen LogP contribution in [0.15, 0.2) is 36.7 Å². The number of benzene rings is 1. The van der Waals surface area contributed by atoms with Gasteiger partial charge in [0.25, 0.3) is 5.91 Å². The number of ketones is 1. The van der Waals surface area contributed by atoms with Gasteiger partial charge >= 0.3 is 0 Å². The van der Waals surface area contributed by atoms with E-state index >= 15 is 0 Å². The van der Waals surface area contributed by atoms with Crippen molar-refractivity contribution in [1.82, 2.24) is 0 Å². The highest BCUT2D eigenvalue weighted by molar-refractivity contribution is 6.40. The van der Waals surface area contributed by atoms with Gasteiger partial charge in [0.15, 0.2) is 18.2 Å². The number of hydrogen-bond donors (Lipinski definition) is 1. The number of rotatable bonds is 4. The van der Waals surface area contributed by atoms with Crippen molar-refractivity contribution in [3.05, 3.63) is 57.8 Å². The van der Waals surface area contributed by atoms with Gasteiger partial charge in [-0.25, -0.2) is 0 Å². The number of halogens is 2. The van der Waals surface area contributed by atoms with Gasteiger partial charge in [0, 0.05) is 6.07 Å². The lowest BCUT2D eigenvalue weighted by molar-refractivity contribution is -0.684. The summed E-state index contributed by atoms with van der Waals surface area (Å²) in [6, 6.07) is 6.88. The number of carbonyl (C=O) groups excluding carboxylic acids is 2. The second-order valence-corrected chi connectivity index (χ2v) is 5.71. The lowest BCUT2D eigenvalue weighted by atomic mass is 10.2. The maximum absolute atomic E-state index is 12.1. The number of hydrogen-bond acceptors (Lipinski definition) is 2. The number of nitrogens with zero attached hydrogens (tertiary/aromatic N) is 1. The van der Waals surface area contributed by atoms with Crippen LogP contribution >= 0.6 is 23.2 Å². The van der Waals surface area contributed by atoms with Gasteiger partial charge in [-0.1, -0.05) is 29.3 Å². The summed E-state index contributed by atoms with van der Waals surface area (Å²) in [6.07, 6.45) is 3.34. The summed E-state index contributed by atoms with van der Waals surface area (Å²) >= 11 is 12.2. The molecule has 0 spiro atoms. The van der Waals surface area contributed by atoms with Crippen LogP contribution in [0, 0.1) is 6.92 Å². The van der Waals surface area contributed by atoms with Crippen LogP contribution in [-0.2, 0) is 11.3 Å². The normalized spacial score (nSPS) is 10.4. The molecule has 0 saturated heterocycles. The molecule has 0 unspecified atom stereocenters. The van der Waals surface area contributed by atoms with Crippen molar-refractivity contribution >= 4 is 40.6 Å². The van der Waals surface area contributed by atoms with E-state index in [1.165, 1.54) is 6.92 Å². The summed E-state index contributed by atoms with van der Waals surface area (Å²) in [5.74, 6) is -0.334. The van der Waals surface area contributed by atoms with E-state index in [9.17, 15) is 9.59 Å². The fourth-order valence-electron chi connectivity index (χ4n) is 1.94. The molecule has 1 aromatic carbocycles. The van der Waals surface area contributed by atoms with Gasteiger partial charge in [-0.15, -0.1) is 0 Å². The van der Waals surface area contributed by atoms with Crippen molar-refractivity contribution < 1.29 is 14.2 Å². The van der Waals surface area contributed by atoms with Gasteiger partial charge in [0.1, 0.15) is 0 Å². The van der Waals surface area contributed by atoms with Crippen LogP contribution in [-0.4, -0.2) is 11.7 Å². The molecule has 2 aromatic rings. The van der Waals surface area contributed by atoms with Gasteiger partial charge in [-0.2, -0.15) is 4.57 Å². The fourth-order valence-corrected chi connectivity index (χ4v) is 2.41. The Bertz CT molecular complexity index is 745. The molecule has 114 valence electrons. The minimum Gasteiger partial charge on any atom is -0.318 e. The lowest BCUT2D eigenvalue weighted by Gasteiger charge is -2.10. The fraction of sp³-hybridized carbons (Fsp3) is 0.188. The number of aromatic nitrogens is 1. The first kappa shape index (κ1) is 16.5. The monoisotopic (exact) mass is 337 g/mol. The zero-order valence-electron chi connectivity index (χ0n) is 12.2. The van der Waals surface area contributed by atoms with Gasteiger partial charge in [-0.05, 0) is 31.5 Å². The van der Waals surface area contributed by atoms with Crippen LogP contribution in [0.1, 0.15) is 22.8 Å². The molecule has 0 radical (unpaired) electrons.